The predicted octanol–water partition coefficient (Wildman–Crippen LogP) is 4.80. The Morgan fingerprint density at radius 2 is 1.89 bits per heavy atom. The summed E-state index contributed by atoms with van der Waals surface area (Å²) in [6.07, 6.45) is 7.07. The monoisotopic (exact) mass is 243 g/mol. The number of hydrogen-bond acceptors (Lipinski definition) is 1. The van der Waals surface area contributed by atoms with Gasteiger partial charge < -0.3 is 5.32 Å². The molecule has 98 valence electrons. The van der Waals surface area contributed by atoms with E-state index in [2.05, 4.69) is 43.4 Å². The Morgan fingerprint density at radius 1 is 1.06 bits per heavy atom. The van der Waals surface area contributed by atoms with Crippen LogP contribution in [-0.4, -0.2) is 6.04 Å². The van der Waals surface area contributed by atoms with Gasteiger partial charge in [0, 0.05) is 11.7 Å². The van der Waals surface area contributed by atoms with Gasteiger partial charge in [0.2, 0.25) is 0 Å². The molecule has 1 heteroatoms. The molecule has 2 aliphatic rings. The molecule has 3 rings (SSSR count). The second-order valence-corrected chi connectivity index (χ2v) is 6.51. The molecule has 18 heavy (non-hydrogen) atoms. The predicted molar refractivity (Wildman–Crippen MR) is 78.0 cm³/mol. The Balaban J connectivity index is 1.87. The van der Waals surface area contributed by atoms with Crippen LogP contribution in [0.3, 0.4) is 0 Å². The molecule has 1 aliphatic heterocycles. The minimum absolute atomic E-state index is 0.627. The van der Waals surface area contributed by atoms with Crippen LogP contribution < -0.4 is 5.32 Å². The molecule has 0 aromatic heterocycles. The van der Waals surface area contributed by atoms with Crippen LogP contribution >= 0.6 is 0 Å². The van der Waals surface area contributed by atoms with Crippen molar-refractivity contribution < 1.29 is 0 Å². The summed E-state index contributed by atoms with van der Waals surface area (Å²) in [6.45, 7) is 4.76. The summed E-state index contributed by atoms with van der Waals surface area (Å²) in [5.41, 5.74) is 2.97. The largest absolute Gasteiger partial charge is 0.382 e. The lowest BCUT2D eigenvalue weighted by atomic mass is 9.70. The highest BCUT2D eigenvalue weighted by atomic mass is 14.9. The maximum atomic E-state index is 3.64. The van der Waals surface area contributed by atoms with Crippen LogP contribution in [0.15, 0.2) is 24.3 Å². The van der Waals surface area contributed by atoms with Crippen LogP contribution in [0.4, 0.5) is 5.69 Å². The molecule has 1 saturated carbocycles. The van der Waals surface area contributed by atoms with Gasteiger partial charge >= 0.3 is 0 Å². The fraction of sp³-hybridized carbons (Fsp3) is 0.647. The van der Waals surface area contributed by atoms with Crippen molar-refractivity contribution >= 4 is 5.69 Å². The molecule has 1 aromatic rings. The first kappa shape index (κ1) is 12.1. The lowest BCUT2D eigenvalue weighted by Gasteiger charge is -2.39. The zero-order valence-electron chi connectivity index (χ0n) is 11.7. The summed E-state index contributed by atoms with van der Waals surface area (Å²) in [7, 11) is 0. The van der Waals surface area contributed by atoms with E-state index in [-0.39, 0.29) is 0 Å². The summed E-state index contributed by atoms with van der Waals surface area (Å²) in [4.78, 5) is 0. The average Bonchev–Trinajstić information content (AvgIpc) is 2.37. The quantitative estimate of drug-likeness (QED) is 0.747. The number of nitrogens with one attached hydrogen (secondary N) is 1. The Labute approximate surface area is 111 Å². The number of para-hydroxylation sites is 1. The van der Waals surface area contributed by atoms with E-state index >= 15 is 0 Å². The Kier molecular flexibility index (Phi) is 3.32. The van der Waals surface area contributed by atoms with E-state index in [0.717, 1.165) is 17.8 Å². The van der Waals surface area contributed by atoms with Gasteiger partial charge in [-0.1, -0.05) is 38.0 Å². The van der Waals surface area contributed by atoms with Gasteiger partial charge in [0.1, 0.15) is 0 Å². The van der Waals surface area contributed by atoms with Crippen LogP contribution in [0, 0.1) is 11.8 Å². The van der Waals surface area contributed by atoms with E-state index in [1.165, 1.54) is 37.8 Å². The van der Waals surface area contributed by atoms with Gasteiger partial charge in [0.15, 0.2) is 0 Å². The third-order valence-corrected chi connectivity index (χ3v) is 4.92. The van der Waals surface area contributed by atoms with Gasteiger partial charge in [-0.2, -0.15) is 0 Å². The number of fused-ring (bicyclic) bond motifs is 1. The summed E-state index contributed by atoms with van der Waals surface area (Å²) >= 11 is 0. The van der Waals surface area contributed by atoms with E-state index in [9.17, 15) is 0 Å². The molecule has 0 radical (unpaired) electrons. The van der Waals surface area contributed by atoms with Crippen LogP contribution in [0.1, 0.15) is 57.4 Å². The molecule has 0 bridgehead atoms. The van der Waals surface area contributed by atoms with Crippen LogP contribution in [0.25, 0.3) is 0 Å². The normalized spacial score (nSPS) is 35.7. The van der Waals surface area contributed by atoms with E-state index in [0.29, 0.717) is 6.04 Å². The third kappa shape index (κ3) is 2.28. The molecule has 4 atom stereocenters. The van der Waals surface area contributed by atoms with Crippen molar-refractivity contribution in [3.05, 3.63) is 29.8 Å². The van der Waals surface area contributed by atoms with Gasteiger partial charge in [0.05, 0.1) is 0 Å². The summed E-state index contributed by atoms with van der Waals surface area (Å²) in [5, 5.41) is 3.64. The Morgan fingerprint density at radius 3 is 2.72 bits per heavy atom. The maximum absolute atomic E-state index is 3.64. The smallest absolute Gasteiger partial charge is 0.0377 e. The molecule has 0 amide bonds. The summed E-state index contributed by atoms with van der Waals surface area (Å²) in [6, 6.07) is 9.59. The van der Waals surface area contributed by atoms with Crippen LogP contribution in [0.2, 0.25) is 0 Å². The zero-order valence-corrected chi connectivity index (χ0v) is 11.7. The van der Waals surface area contributed by atoms with E-state index in [1.54, 1.807) is 5.56 Å². The highest BCUT2D eigenvalue weighted by Gasteiger charge is 2.32. The molecular weight excluding hydrogens is 218 g/mol. The van der Waals surface area contributed by atoms with Crippen molar-refractivity contribution in [3.8, 4) is 0 Å². The third-order valence-electron chi connectivity index (χ3n) is 4.92. The topological polar surface area (TPSA) is 12.0 Å². The lowest BCUT2D eigenvalue weighted by molar-refractivity contribution is 0.233. The Hall–Kier alpha value is -0.980. The SMILES string of the molecule is CC1CCCC(C2CC(C)Nc3ccccc32)C1. The number of anilines is 1. The second-order valence-electron chi connectivity index (χ2n) is 6.51. The first-order valence-electron chi connectivity index (χ1n) is 7.59. The van der Waals surface area contributed by atoms with Crippen molar-refractivity contribution in [3.63, 3.8) is 0 Å². The van der Waals surface area contributed by atoms with Gasteiger partial charge in [0.25, 0.3) is 0 Å². The fourth-order valence-electron chi connectivity index (χ4n) is 4.08. The molecule has 1 N–H and O–H groups in total. The Bertz CT molecular complexity index is 412. The molecular formula is C17H25N. The van der Waals surface area contributed by atoms with Crippen molar-refractivity contribution in [1.29, 1.82) is 0 Å². The molecule has 0 saturated heterocycles. The first-order chi connectivity index (χ1) is 8.74. The maximum Gasteiger partial charge on any atom is 0.0377 e. The molecule has 1 aliphatic carbocycles. The van der Waals surface area contributed by atoms with Gasteiger partial charge in [-0.3, -0.25) is 0 Å². The van der Waals surface area contributed by atoms with Crippen LogP contribution in [-0.2, 0) is 0 Å². The van der Waals surface area contributed by atoms with Crippen LogP contribution in [0.5, 0.6) is 0 Å². The number of hydrogen-bond donors (Lipinski definition) is 1. The minimum Gasteiger partial charge on any atom is -0.382 e. The molecule has 1 heterocycles. The van der Waals surface area contributed by atoms with Crippen molar-refractivity contribution in [1.82, 2.24) is 0 Å². The number of benzene rings is 1. The highest BCUT2D eigenvalue weighted by Crippen LogP contribution is 2.45. The van der Waals surface area contributed by atoms with E-state index in [1.807, 2.05) is 0 Å². The molecule has 1 aromatic carbocycles. The average molecular weight is 243 g/mol. The van der Waals surface area contributed by atoms with Gasteiger partial charge in [-0.25, -0.2) is 0 Å². The molecule has 1 fully saturated rings. The van der Waals surface area contributed by atoms with Gasteiger partial charge in [-0.05, 0) is 55.6 Å². The molecule has 1 nitrogen and oxygen atoms in total. The standard InChI is InChI=1S/C17H25N/c1-12-6-5-7-14(10-12)16-11-13(2)18-17-9-4-3-8-15(16)17/h3-4,8-9,12-14,16,18H,5-7,10-11H2,1-2H3. The molecule has 4 unspecified atom stereocenters. The highest BCUT2D eigenvalue weighted by molar-refractivity contribution is 5.55. The lowest BCUT2D eigenvalue weighted by Crippen LogP contribution is -2.31. The second kappa shape index (κ2) is 4.95. The van der Waals surface area contributed by atoms with E-state index in [4.69, 9.17) is 0 Å². The zero-order chi connectivity index (χ0) is 12.5. The van der Waals surface area contributed by atoms with Crippen molar-refractivity contribution in [2.75, 3.05) is 5.32 Å². The number of rotatable bonds is 1. The van der Waals surface area contributed by atoms with Gasteiger partial charge in [-0.15, -0.1) is 0 Å². The van der Waals surface area contributed by atoms with Crippen molar-refractivity contribution in [2.45, 2.75) is 57.9 Å². The summed E-state index contributed by atoms with van der Waals surface area (Å²) in [5.74, 6) is 2.64. The van der Waals surface area contributed by atoms with Crippen molar-refractivity contribution in [2.24, 2.45) is 11.8 Å². The fourth-order valence-corrected chi connectivity index (χ4v) is 4.08. The van der Waals surface area contributed by atoms with E-state index < -0.39 is 0 Å². The first-order valence-corrected chi connectivity index (χ1v) is 7.59. The minimum atomic E-state index is 0.627. The molecule has 0 spiro atoms. The summed E-state index contributed by atoms with van der Waals surface area (Å²) < 4.78 is 0.